The molecule has 0 N–H and O–H groups in total. The van der Waals surface area contributed by atoms with Crippen molar-refractivity contribution in [3.8, 4) is 0 Å². The smallest absolute Gasteiger partial charge is 0.395 e. The van der Waals surface area contributed by atoms with Crippen molar-refractivity contribution in [1.82, 2.24) is 0 Å². The van der Waals surface area contributed by atoms with Crippen LogP contribution in [-0.4, -0.2) is 18.8 Å². The highest BCUT2D eigenvalue weighted by molar-refractivity contribution is 5.65. The van der Waals surface area contributed by atoms with Gasteiger partial charge in [-0.2, -0.15) is 13.2 Å². The lowest BCUT2D eigenvalue weighted by atomic mass is 9.71. The zero-order chi connectivity index (χ0) is 18.3. The summed E-state index contributed by atoms with van der Waals surface area (Å²) in [5.74, 6) is -0.151. The van der Waals surface area contributed by atoms with Gasteiger partial charge in [-0.3, -0.25) is 4.79 Å². The highest BCUT2D eigenvalue weighted by Crippen LogP contribution is 2.40. The summed E-state index contributed by atoms with van der Waals surface area (Å²) in [5, 5.41) is 0. The third-order valence-electron chi connectivity index (χ3n) is 5.91. The predicted molar refractivity (Wildman–Crippen MR) is 92.0 cm³/mol. The Kier molecular flexibility index (Phi) is 7.82. The molecule has 2 nitrogen and oxygen atoms in total. The van der Waals surface area contributed by atoms with Crippen LogP contribution in [0.5, 0.6) is 0 Å². The highest BCUT2D eigenvalue weighted by Gasteiger charge is 2.39. The largest absolute Gasteiger partial charge is 0.465 e. The lowest BCUT2D eigenvalue weighted by Gasteiger charge is -2.35. The Morgan fingerprint density at radius 3 is 2.20 bits per heavy atom. The van der Waals surface area contributed by atoms with Crippen LogP contribution < -0.4 is 0 Å². The van der Waals surface area contributed by atoms with Crippen molar-refractivity contribution in [1.29, 1.82) is 0 Å². The fourth-order valence-electron chi connectivity index (χ4n) is 4.36. The monoisotopic (exact) mass is 360 g/mol. The Labute approximate surface area is 149 Å². The van der Waals surface area contributed by atoms with Gasteiger partial charge in [0.25, 0.3) is 0 Å². The van der Waals surface area contributed by atoms with Gasteiger partial charge in [0.05, 0.1) is 5.92 Å². The number of halogens is 3. The maximum absolute atomic E-state index is 13.0. The van der Waals surface area contributed by atoms with E-state index in [1.54, 1.807) is 6.08 Å². The van der Waals surface area contributed by atoms with Crippen LogP contribution in [0.25, 0.3) is 0 Å². The number of allylic oxidation sites excluding steroid dienone is 2. The molecule has 2 saturated carbocycles. The van der Waals surface area contributed by atoms with E-state index in [0.717, 1.165) is 31.6 Å². The van der Waals surface area contributed by atoms with Gasteiger partial charge in [0, 0.05) is 6.92 Å². The summed E-state index contributed by atoms with van der Waals surface area (Å²) in [6.45, 7) is 0.547. The van der Waals surface area contributed by atoms with E-state index in [2.05, 4.69) is 4.74 Å². The van der Waals surface area contributed by atoms with Crippen LogP contribution in [0.4, 0.5) is 13.2 Å². The van der Waals surface area contributed by atoms with E-state index in [1.165, 1.54) is 44.9 Å². The number of hydrogen-bond acceptors (Lipinski definition) is 2. The number of rotatable bonds is 6. The molecule has 144 valence electrons. The summed E-state index contributed by atoms with van der Waals surface area (Å²) in [6, 6.07) is 0. The maximum atomic E-state index is 13.0. The summed E-state index contributed by atoms with van der Waals surface area (Å²) in [5.41, 5.74) is 0. The van der Waals surface area contributed by atoms with Gasteiger partial charge in [-0.25, -0.2) is 0 Å². The SMILES string of the molecule is CC(=O)OCC(CC=C[C@H]1CC[C@H](C2CCCCC2)CC1)C(F)(F)F. The molecule has 0 heterocycles. The van der Waals surface area contributed by atoms with Crippen LogP contribution in [0.1, 0.15) is 71.1 Å². The van der Waals surface area contributed by atoms with Crippen molar-refractivity contribution in [3.05, 3.63) is 12.2 Å². The molecule has 0 spiro atoms. The predicted octanol–water partition coefficient (Wildman–Crippen LogP) is 6.06. The van der Waals surface area contributed by atoms with Crippen molar-refractivity contribution in [3.63, 3.8) is 0 Å². The van der Waals surface area contributed by atoms with E-state index in [1.807, 2.05) is 6.08 Å². The zero-order valence-electron chi connectivity index (χ0n) is 15.2. The fraction of sp³-hybridized carbons (Fsp3) is 0.850. The molecule has 25 heavy (non-hydrogen) atoms. The van der Waals surface area contributed by atoms with Gasteiger partial charge in [0.1, 0.15) is 6.61 Å². The molecule has 5 heteroatoms. The Balaban J connectivity index is 1.74. The Morgan fingerprint density at radius 2 is 1.64 bits per heavy atom. The van der Waals surface area contributed by atoms with Crippen molar-refractivity contribution in [2.75, 3.05) is 6.61 Å². The van der Waals surface area contributed by atoms with Gasteiger partial charge >= 0.3 is 12.1 Å². The quantitative estimate of drug-likeness (QED) is 0.425. The van der Waals surface area contributed by atoms with E-state index in [0.29, 0.717) is 5.92 Å². The van der Waals surface area contributed by atoms with Gasteiger partial charge in [-0.1, -0.05) is 44.3 Å². The molecular weight excluding hydrogens is 329 g/mol. The zero-order valence-corrected chi connectivity index (χ0v) is 15.2. The first-order valence-corrected chi connectivity index (χ1v) is 9.73. The van der Waals surface area contributed by atoms with Gasteiger partial charge in [0.15, 0.2) is 0 Å². The summed E-state index contributed by atoms with van der Waals surface area (Å²) in [4.78, 5) is 10.7. The van der Waals surface area contributed by atoms with E-state index >= 15 is 0 Å². The number of alkyl halides is 3. The van der Waals surface area contributed by atoms with Crippen LogP contribution in [0.15, 0.2) is 12.2 Å². The molecule has 2 fully saturated rings. The average Bonchev–Trinajstić information content (AvgIpc) is 2.58. The minimum Gasteiger partial charge on any atom is -0.465 e. The molecule has 2 aliphatic rings. The highest BCUT2D eigenvalue weighted by atomic mass is 19.4. The average molecular weight is 360 g/mol. The van der Waals surface area contributed by atoms with Gasteiger partial charge < -0.3 is 4.74 Å². The first-order valence-electron chi connectivity index (χ1n) is 9.73. The lowest BCUT2D eigenvalue weighted by Crippen LogP contribution is -2.28. The van der Waals surface area contributed by atoms with E-state index < -0.39 is 24.7 Å². The summed E-state index contributed by atoms with van der Waals surface area (Å²) in [7, 11) is 0. The molecule has 0 radical (unpaired) electrons. The summed E-state index contributed by atoms with van der Waals surface area (Å²) in [6.07, 6.45) is 10.6. The van der Waals surface area contributed by atoms with Crippen molar-refractivity contribution >= 4 is 5.97 Å². The molecule has 0 aromatic rings. The van der Waals surface area contributed by atoms with E-state index in [9.17, 15) is 18.0 Å². The van der Waals surface area contributed by atoms with Crippen LogP contribution in [0, 0.1) is 23.7 Å². The van der Waals surface area contributed by atoms with Gasteiger partial charge in [-0.05, 0) is 49.9 Å². The second-order valence-corrected chi connectivity index (χ2v) is 7.78. The fourth-order valence-corrected chi connectivity index (χ4v) is 4.36. The number of hydrogen-bond donors (Lipinski definition) is 0. The minimum atomic E-state index is -4.33. The van der Waals surface area contributed by atoms with Crippen LogP contribution in [0.2, 0.25) is 0 Å². The number of carbonyl (C=O) groups excluding carboxylic acids is 1. The Bertz CT molecular complexity index is 431. The second kappa shape index (κ2) is 9.63. The lowest BCUT2D eigenvalue weighted by molar-refractivity contribution is -0.189. The molecule has 1 atom stereocenters. The minimum absolute atomic E-state index is 0.112. The molecule has 2 rings (SSSR count). The molecular formula is C20H31F3O2. The van der Waals surface area contributed by atoms with Crippen LogP contribution in [0.3, 0.4) is 0 Å². The van der Waals surface area contributed by atoms with Gasteiger partial charge in [-0.15, -0.1) is 0 Å². The normalized spacial score (nSPS) is 27.4. The number of carbonyl (C=O) groups is 1. The van der Waals surface area contributed by atoms with Crippen molar-refractivity contribution in [2.45, 2.75) is 77.3 Å². The standard InChI is InChI=1S/C20H31F3O2/c1-15(24)25-14-19(20(21,22)23)9-5-6-16-10-12-18(13-11-16)17-7-3-2-4-8-17/h5-6,16-19H,2-4,7-14H2,1H3/t16-,18-,19?. The molecule has 0 bridgehead atoms. The third kappa shape index (κ3) is 7.02. The van der Waals surface area contributed by atoms with Crippen LogP contribution in [-0.2, 0) is 9.53 Å². The molecule has 0 amide bonds. The summed E-state index contributed by atoms with van der Waals surface area (Å²) < 4.78 is 43.5. The number of ether oxygens (including phenoxy) is 1. The van der Waals surface area contributed by atoms with E-state index in [4.69, 9.17) is 0 Å². The Morgan fingerprint density at radius 1 is 1.04 bits per heavy atom. The second-order valence-electron chi connectivity index (χ2n) is 7.78. The van der Waals surface area contributed by atoms with Gasteiger partial charge in [0.2, 0.25) is 0 Å². The topological polar surface area (TPSA) is 26.3 Å². The molecule has 0 aliphatic heterocycles. The molecule has 0 saturated heterocycles. The van der Waals surface area contributed by atoms with Crippen molar-refractivity contribution in [2.24, 2.45) is 23.7 Å². The first-order chi connectivity index (χ1) is 11.9. The molecule has 1 unspecified atom stereocenters. The number of esters is 1. The third-order valence-corrected chi connectivity index (χ3v) is 5.91. The summed E-state index contributed by atoms with van der Waals surface area (Å²) >= 11 is 0. The first kappa shape index (κ1) is 20.3. The molecule has 0 aromatic heterocycles. The Hall–Kier alpha value is -1.00. The van der Waals surface area contributed by atoms with Crippen LogP contribution >= 0.6 is 0 Å². The maximum Gasteiger partial charge on any atom is 0.395 e. The van der Waals surface area contributed by atoms with E-state index in [-0.39, 0.29) is 6.42 Å². The molecule has 0 aromatic carbocycles. The molecule has 2 aliphatic carbocycles. The van der Waals surface area contributed by atoms with Crippen molar-refractivity contribution < 1.29 is 22.7 Å².